The molecule has 0 saturated carbocycles. The Morgan fingerprint density at radius 1 is 1.07 bits per heavy atom. The Kier molecular flexibility index (Phi) is 5.95. The second-order valence-corrected chi connectivity index (χ2v) is 6.99. The second-order valence-electron chi connectivity index (χ2n) is 6.99. The van der Waals surface area contributed by atoms with Crippen LogP contribution in [0.5, 0.6) is 0 Å². The molecule has 4 amide bonds. The van der Waals surface area contributed by atoms with Crippen molar-refractivity contribution in [2.75, 3.05) is 26.0 Å². The zero-order valence-electron chi connectivity index (χ0n) is 16.1. The summed E-state index contributed by atoms with van der Waals surface area (Å²) in [5.74, 6) is -4.69. The average Bonchev–Trinajstić information content (AvgIpc) is 3.02. The Bertz CT molecular complexity index is 972. The number of carbonyl (C=O) groups excluding carboxylic acids is 3. The summed E-state index contributed by atoms with van der Waals surface area (Å²) in [4.78, 5) is 37.6. The first-order chi connectivity index (χ1) is 14.2. The number of hydrogen-bond acceptors (Lipinski definition) is 3. The number of carbonyl (C=O) groups is 3. The summed E-state index contributed by atoms with van der Waals surface area (Å²) in [6, 6.07) is 4.68. The lowest BCUT2D eigenvalue weighted by Crippen LogP contribution is -2.45. The third-order valence-corrected chi connectivity index (χ3v) is 4.67. The van der Waals surface area contributed by atoms with Crippen molar-refractivity contribution in [3.05, 3.63) is 65.0 Å². The van der Waals surface area contributed by atoms with Crippen LogP contribution >= 0.6 is 0 Å². The standard InChI is InChI=1S/C20H19F3N4O3/c1-27(2)19(29)10-7-14(22)16(15(23)8-10)13-9-24-18(28)17(13)26-20(30)25-12-5-3-11(21)4-6-12/h3-8,13,17H,9H2,1-2H3,(H,24,28)(H2,25,26,30)/t13-,17-/m0/s1. The minimum Gasteiger partial charge on any atom is -0.354 e. The van der Waals surface area contributed by atoms with Gasteiger partial charge in [-0.2, -0.15) is 0 Å². The number of nitrogens with zero attached hydrogens (tertiary/aromatic N) is 1. The quantitative estimate of drug-likeness (QED) is 0.709. The third kappa shape index (κ3) is 4.37. The van der Waals surface area contributed by atoms with Crippen molar-refractivity contribution in [1.82, 2.24) is 15.5 Å². The van der Waals surface area contributed by atoms with Crippen molar-refractivity contribution in [3.8, 4) is 0 Å². The first-order valence-electron chi connectivity index (χ1n) is 8.98. The summed E-state index contributed by atoms with van der Waals surface area (Å²) in [5, 5.41) is 7.27. The first-order valence-corrected chi connectivity index (χ1v) is 8.98. The lowest BCUT2D eigenvalue weighted by atomic mass is 9.92. The largest absolute Gasteiger partial charge is 0.354 e. The van der Waals surface area contributed by atoms with E-state index < -0.39 is 52.8 Å². The monoisotopic (exact) mass is 420 g/mol. The summed E-state index contributed by atoms with van der Waals surface area (Å²) in [7, 11) is 2.90. The third-order valence-electron chi connectivity index (χ3n) is 4.67. The molecule has 0 bridgehead atoms. The molecule has 0 unspecified atom stereocenters. The van der Waals surface area contributed by atoms with Crippen LogP contribution in [0.3, 0.4) is 0 Å². The lowest BCUT2D eigenvalue weighted by Gasteiger charge is -2.21. The number of benzene rings is 2. The van der Waals surface area contributed by atoms with Gasteiger partial charge in [0.25, 0.3) is 5.91 Å². The van der Waals surface area contributed by atoms with Crippen LogP contribution in [0.1, 0.15) is 21.8 Å². The zero-order chi connectivity index (χ0) is 22.0. The van der Waals surface area contributed by atoms with Crippen molar-refractivity contribution in [1.29, 1.82) is 0 Å². The van der Waals surface area contributed by atoms with Gasteiger partial charge in [0.2, 0.25) is 5.91 Å². The maximum Gasteiger partial charge on any atom is 0.319 e. The molecule has 2 atom stereocenters. The van der Waals surface area contributed by atoms with E-state index in [1.54, 1.807) is 0 Å². The zero-order valence-corrected chi connectivity index (χ0v) is 16.1. The molecule has 0 spiro atoms. The van der Waals surface area contributed by atoms with E-state index in [-0.39, 0.29) is 17.8 Å². The summed E-state index contributed by atoms with van der Waals surface area (Å²) >= 11 is 0. The average molecular weight is 420 g/mol. The van der Waals surface area contributed by atoms with Gasteiger partial charge in [0.05, 0.1) is 0 Å². The maximum absolute atomic E-state index is 14.7. The van der Waals surface area contributed by atoms with Gasteiger partial charge in [0.1, 0.15) is 23.5 Å². The van der Waals surface area contributed by atoms with Crippen molar-refractivity contribution in [2.24, 2.45) is 0 Å². The van der Waals surface area contributed by atoms with Crippen LogP contribution in [0.4, 0.5) is 23.7 Å². The Hall–Kier alpha value is -3.56. The molecule has 1 aliphatic heterocycles. The Labute approximate surface area is 170 Å². The molecule has 1 saturated heterocycles. The molecule has 158 valence electrons. The predicted molar refractivity (Wildman–Crippen MR) is 102 cm³/mol. The van der Waals surface area contributed by atoms with E-state index in [0.717, 1.165) is 24.3 Å². The van der Waals surface area contributed by atoms with Gasteiger partial charge in [-0.15, -0.1) is 0 Å². The fraction of sp³-hybridized carbons (Fsp3) is 0.250. The van der Waals surface area contributed by atoms with E-state index in [9.17, 15) is 27.6 Å². The molecule has 30 heavy (non-hydrogen) atoms. The molecule has 1 heterocycles. The molecule has 0 aliphatic carbocycles. The van der Waals surface area contributed by atoms with Crippen LogP contribution in [0.2, 0.25) is 0 Å². The molecule has 0 radical (unpaired) electrons. The van der Waals surface area contributed by atoms with Crippen LogP contribution in [0.15, 0.2) is 36.4 Å². The summed E-state index contributed by atoms with van der Waals surface area (Å²) in [6.45, 7) is -0.102. The number of urea groups is 1. The molecule has 0 aromatic heterocycles. The van der Waals surface area contributed by atoms with Gasteiger partial charge in [-0.3, -0.25) is 9.59 Å². The highest BCUT2D eigenvalue weighted by molar-refractivity contribution is 5.96. The van der Waals surface area contributed by atoms with E-state index in [2.05, 4.69) is 16.0 Å². The molecule has 1 fully saturated rings. The van der Waals surface area contributed by atoms with Crippen molar-refractivity contribution in [2.45, 2.75) is 12.0 Å². The van der Waals surface area contributed by atoms with Gasteiger partial charge in [-0.05, 0) is 36.4 Å². The van der Waals surface area contributed by atoms with Crippen LogP contribution in [0, 0.1) is 17.5 Å². The van der Waals surface area contributed by atoms with Gasteiger partial charge < -0.3 is 20.9 Å². The molecular weight excluding hydrogens is 401 g/mol. The summed E-state index contributed by atoms with van der Waals surface area (Å²) < 4.78 is 42.4. The predicted octanol–water partition coefficient (Wildman–Crippen LogP) is 2.21. The van der Waals surface area contributed by atoms with Crippen LogP contribution in [0.25, 0.3) is 0 Å². The minimum absolute atomic E-state index is 0.102. The van der Waals surface area contributed by atoms with Crippen LogP contribution < -0.4 is 16.0 Å². The van der Waals surface area contributed by atoms with Crippen molar-refractivity contribution >= 4 is 23.5 Å². The normalized spacial score (nSPS) is 18.0. The number of nitrogens with one attached hydrogen (secondary N) is 3. The molecule has 3 rings (SSSR count). The number of amides is 4. The fourth-order valence-corrected chi connectivity index (χ4v) is 3.22. The molecular formula is C20H19F3N4O3. The maximum atomic E-state index is 14.7. The van der Waals surface area contributed by atoms with Crippen LogP contribution in [-0.2, 0) is 4.79 Å². The van der Waals surface area contributed by atoms with E-state index in [4.69, 9.17) is 0 Å². The fourth-order valence-electron chi connectivity index (χ4n) is 3.22. The SMILES string of the molecule is CN(C)C(=O)c1cc(F)c([C@@H]2CNC(=O)[C@H]2NC(=O)Nc2ccc(F)cc2)c(F)c1. The van der Waals surface area contributed by atoms with E-state index in [1.807, 2.05) is 0 Å². The number of anilines is 1. The molecule has 10 heteroatoms. The Balaban J connectivity index is 1.81. The summed E-state index contributed by atoms with van der Waals surface area (Å²) in [6.07, 6.45) is 0. The van der Waals surface area contributed by atoms with Gasteiger partial charge in [-0.1, -0.05) is 0 Å². The molecule has 2 aromatic rings. The number of rotatable bonds is 4. The molecule has 2 aromatic carbocycles. The van der Waals surface area contributed by atoms with Gasteiger partial charge >= 0.3 is 6.03 Å². The second kappa shape index (κ2) is 8.44. The minimum atomic E-state index is -1.25. The van der Waals surface area contributed by atoms with Gasteiger partial charge in [0.15, 0.2) is 0 Å². The highest BCUT2D eigenvalue weighted by atomic mass is 19.1. The number of halogens is 3. The number of hydrogen-bond donors (Lipinski definition) is 3. The van der Waals surface area contributed by atoms with E-state index >= 15 is 0 Å². The smallest absolute Gasteiger partial charge is 0.319 e. The van der Waals surface area contributed by atoms with E-state index in [1.165, 1.54) is 31.1 Å². The van der Waals surface area contributed by atoms with Gasteiger partial charge in [-0.25, -0.2) is 18.0 Å². The topological polar surface area (TPSA) is 90.5 Å². The lowest BCUT2D eigenvalue weighted by molar-refractivity contribution is -0.120. The Morgan fingerprint density at radius 3 is 2.23 bits per heavy atom. The van der Waals surface area contributed by atoms with Crippen molar-refractivity contribution in [3.63, 3.8) is 0 Å². The highest BCUT2D eigenvalue weighted by Crippen LogP contribution is 2.30. The molecule has 3 N–H and O–H groups in total. The summed E-state index contributed by atoms with van der Waals surface area (Å²) in [5.41, 5.74) is -0.307. The highest BCUT2D eigenvalue weighted by Gasteiger charge is 2.40. The van der Waals surface area contributed by atoms with Gasteiger partial charge in [0, 0.05) is 43.4 Å². The van der Waals surface area contributed by atoms with Crippen LogP contribution in [-0.4, -0.2) is 49.4 Å². The molecule has 1 aliphatic rings. The Morgan fingerprint density at radius 2 is 1.67 bits per heavy atom. The molecule has 7 nitrogen and oxygen atoms in total. The first kappa shape index (κ1) is 21.2. The van der Waals surface area contributed by atoms with Crippen molar-refractivity contribution < 1.29 is 27.6 Å². The van der Waals surface area contributed by atoms with E-state index in [0.29, 0.717) is 0 Å².